The molecule has 0 aliphatic carbocycles. The second-order valence-corrected chi connectivity index (χ2v) is 3.23. The summed E-state index contributed by atoms with van der Waals surface area (Å²) in [6, 6.07) is 0. The van der Waals surface area contributed by atoms with Crippen LogP contribution in [0.25, 0.3) is 0 Å². The van der Waals surface area contributed by atoms with Crippen LogP contribution in [0.1, 0.15) is 0 Å². The van der Waals surface area contributed by atoms with Gasteiger partial charge in [0.15, 0.2) is 5.96 Å². The number of thiol groups is 1. The average molecular weight is 162 g/mol. The number of thiocyanates is 1. The topological polar surface area (TPSA) is 106 Å². The van der Waals surface area contributed by atoms with Gasteiger partial charge in [-0.1, -0.05) is 11.1 Å². The van der Waals surface area contributed by atoms with E-state index in [1.165, 1.54) is 0 Å². The lowest BCUT2D eigenvalue weighted by atomic mass is 10.9. The predicted octanol–water partition coefficient (Wildman–Crippen LogP) is -1.14. The van der Waals surface area contributed by atoms with Crippen LogP contribution in [0.2, 0.25) is 0 Å². The molecule has 0 aromatic rings. The van der Waals surface area contributed by atoms with Gasteiger partial charge in [-0.2, -0.15) is 5.26 Å². The first-order chi connectivity index (χ1) is 4.70. The molecule has 0 fully saturated rings. The first-order valence-electron chi connectivity index (χ1n) is 2.59. The van der Waals surface area contributed by atoms with Gasteiger partial charge in [-0.3, -0.25) is 5.41 Å². The molecule has 58 valence electrons. The number of hydrogen-bond donors (Lipinski definition) is 5. The summed E-state index contributed by atoms with van der Waals surface area (Å²) in [5.41, 5.74) is 4.95. The summed E-state index contributed by atoms with van der Waals surface area (Å²) in [6.07, 6.45) is 0. The Hall–Kier alpha value is -0.930. The predicted molar refractivity (Wildman–Crippen MR) is 41.6 cm³/mol. The van der Waals surface area contributed by atoms with E-state index >= 15 is 0 Å². The van der Waals surface area contributed by atoms with Gasteiger partial charge in [-0.25, -0.2) is 0 Å². The van der Waals surface area contributed by atoms with E-state index in [1.54, 1.807) is 0 Å². The van der Waals surface area contributed by atoms with Crippen molar-refractivity contribution in [3.63, 3.8) is 0 Å². The van der Waals surface area contributed by atoms with Crippen LogP contribution in [0, 0.1) is 16.1 Å². The maximum Gasteiger partial charge on any atom is 0.195 e. The number of aliphatic hydroxyl groups is 1. The van der Waals surface area contributed by atoms with Gasteiger partial charge >= 0.3 is 0 Å². The van der Waals surface area contributed by atoms with Crippen molar-refractivity contribution in [3.05, 3.63) is 0 Å². The van der Waals surface area contributed by atoms with Crippen molar-refractivity contribution in [1.82, 2.24) is 4.72 Å². The van der Waals surface area contributed by atoms with Crippen molar-refractivity contribution in [3.8, 4) is 5.40 Å². The Labute approximate surface area is 61.8 Å². The lowest BCUT2D eigenvalue weighted by Gasteiger charge is -2.12. The fourth-order valence-electron chi connectivity index (χ4n) is 0.376. The molecule has 0 aromatic carbocycles. The van der Waals surface area contributed by atoms with Crippen molar-refractivity contribution in [2.45, 2.75) is 0 Å². The van der Waals surface area contributed by atoms with Crippen LogP contribution in [0.5, 0.6) is 0 Å². The molecule has 0 bridgehead atoms. The molecule has 0 spiro atoms. The van der Waals surface area contributed by atoms with E-state index in [1.807, 2.05) is 5.40 Å². The van der Waals surface area contributed by atoms with Gasteiger partial charge in [0, 0.05) is 5.75 Å². The number of rotatable bonds is 3. The summed E-state index contributed by atoms with van der Waals surface area (Å²) in [4.78, 5) is 0. The van der Waals surface area contributed by atoms with Gasteiger partial charge in [-0.05, 0) is 0 Å². The number of nitriles is 1. The molecular weight excluding hydrogens is 152 g/mol. The van der Waals surface area contributed by atoms with Gasteiger partial charge in [0.25, 0.3) is 0 Å². The molecule has 5 N–H and O–H groups in total. The van der Waals surface area contributed by atoms with Gasteiger partial charge < -0.3 is 15.6 Å². The molecule has 0 heterocycles. The molecule has 6 heteroatoms. The fraction of sp³-hybridized carbons (Fsp3) is 0.500. The van der Waals surface area contributed by atoms with Crippen molar-refractivity contribution >= 4 is 17.0 Å². The Kier molecular flexibility index (Phi) is 4.45. The molecule has 10 heavy (non-hydrogen) atoms. The van der Waals surface area contributed by atoms with Crippen molar-refractivity contribution in [2.24, 2.45) is 5.73 Å². The molecule has 0 amide bonds. The Morgan fingerprint density at radius 2 is 2.50 bits per heavy atom. The summed E-state index contributed by atoms with van der Waals surface area (Å²) < 4.78 is 2.44. The van der Waals surface area contributed by atoms with Crippen LogP contribution in [-0.4, -0.2) is 23.4 Å². The zero-order chi connectivity index (χ0) is 7.98. The van der Waals surface area contributed by atoms with Gasteiger partial charge in [0.2, 0.25) is 0 Å². The highest BCUT2D eigenvalue weighted by Crippen LogP contribution is 2.14. The Morgan fingerprint density at radius 3 is 2.80 bits per heavy atom. The molecule has 0 aliphatic rings. The Morgan fingerprint density at radius 1 is 1.90 bits per heavy atom. The minimum absolute atomic E-state index is 0.0560. The number of aliphatic hydroxyl groups excluding tert-OH is 1. The van der Waals surface area contributed by atoms with Gasteiger partial charge in [0.1, 0.15) is 5.40 Å². The standard InChI is InChI=1S/C4H10N4OS/c5-3-10(2-1-9)8-4(6)7/h9-10H,1-2H2,(H4,6,7,8). The highest BCUT2D eigenvalue weighted by Gasteiger charge is 1.99. The molecule has 1 unspecified atom stereocenters. The minimum atomic E-state index is -1.14. The summed E-state index contributed by atoms with van der Waals surface area (Å²) >= 11 is -1.14. The Bertz CT molecular complexity index is 154. The number of nitrogens with two attached hydrogens (primary N) is 1. The summed E-state index contributed by atoms with van der Waals surface area (Å²) in [6.45, 7) is -0.0560. The van der Waals surface area contributed by atoms with E-state index in [0.29, 0.717) is 5.75 Å². The second kappa shape index (κ2) is 4.90. The molecule has 5 nitrogen and oxygen atoms in total. The van der Waals surface area contributed by atoms with Crippen LogP contribution in [0.4, 0.5) is 0 Å². The SMILES string of the molecule is N#C[SH](CCO)NC(=N)N. The molecule has 0 saturated carbocycles. The van der Waals surface area contributed by atoms with E-state index in [2.05, 4.69) is 4.72 Å². The van der Waals surface area contributed by atoms with Crippen molar-refractivity contribution < 1.29 is 5.11 Å². The largest absolute Gasteiger partial charge is 0.395 e. The third-order valence-corrected chi connectivity index (χ3v) is 2.10. The fourth-order valence-corrected chi connectivity index (χ4v) is 1.13. The van der Waals surface area contributed by atoms with E-state index in [4.69, 9.17) is 21.5 Å². The first kappa shape index (κ1) is 9.07. The molecule has 1 atom stereocenters. The van der Waals surface area contributed by atoms with E-state index in [9.17, 15) is 0 Å². The smallest absolute Gasteiger partial charge is 0.195 e. The van der Waals surface area contributed by atoms with Gasteiger partial charge in [-0.15, -0.1) is 0 Å². The van der Waals surface area contributed by atoms with Crippen LogP contribution < -0.4 is 10.5 Å². The third kappa shape index (κ3) is 4.00. The summed E-state index contributed by atoms with van der Waals surface area (Å²) in [5, 5.41) is 25.4. The van der Waals surface area contributed by atoms with Crippen LogP contribution in [0.15, 0.2) is 0 Å². The number of nitrogens with one attached hydrogen (secondary N) is 2. The Balaban J connectivity index is 3.63. The molecular formula is C4H10N4OS. The third-order valence-electron chi connectivity index (χ3n) is 0.700. The quantitative estimate of drug-likeness (QED) is 0.156. The molecule has 0 aliphatic heterocycles. The molecule has 0 rings (SSSR count). The lowest BCUT2D eigenvalue weighted by Crippen LogP contribution is -2.28. The highest BCUT2D eigenvalue weighted by atomic mass is 32.2. The lowest BCUT2D eigenvalue weighted by molar-refractivity contribution is 0.322. The van der Waals surface area contributed by atoms with Crippen molar-refractivity contribution in [2.75, 3.05) is 12.4 Å². The summed E-state index contributed by atoms with van der Waals surface area (Å²) in [7, 11) is 0. The van der Waals surface area contributed by atoms with Gasteiger partial charge in [0.05, 0.1) is 6.61 Å². The molecule has 0 saturated heterocycles. The highest BCUT2D eigenvalue weighted by molar-refractivity contribution is 8.19. The number of nitrogens with zero attached hydrogens (tertiary/aromatic N) is 1. The zero-order valence-electron chi connectivity index (χ0n) is 5.33. The zero-order valence-corrected chi connectivity index (χ0v) is 6.23. The van der Waals surface area contributed by atoms with E-state index in [0.717, 1.165) is 0 Å². The number of hydrogen-bond acceptors (Lipinski definition) is 3. The van der Waals surface area contributed by atoms with Crippen LogP contribution in [-0.2, 0) is 0 Å². The maximum absolute atomic E-state index is 8.39. The number of guanidine groups is 1. The van der Waals surface area contributed by atoms with Crippen LogP contribution in [0.3, 0.4) is 0 Å². The van der Waals surface area contributed by atoms with E-state index in [-0.39, 0.29) is 12.6 Å². The minimum Gasteiger partial charge on any atom is -0.395 e. The average Bonchev–Trinajstić information content (AvgIpc) is 1.86. The van der Waals surface area contributed by atoms with Crippen LogP contribution >= 0.6 is 11.1 Å². The van der Waals surface area contributed by atoms with E-state index < -0.39 is 11.1 Å². The summed E-state index contributed by atoms with van der Waals surface area (Å²) in [5.74, 6) is 0.131. The first-order valence-corrected chi connectivity index (χ1v) is 4.12. The maximum atomic E-state index is 8.39. The molecule has 0 radical (unpaired) electrons. The second-order valence-electron chi connectivity index (χ2n) is 1.50. The molecule has 0 aromatic heterocycles. The van der Waals surface area contributed by atoms with Crippen molar-refractivity contribution in [1.29, 1.82) is 10.7 Å². The monoisotopic (exact) mass is 162 g/mol. The normalized spacial score (nSPS) is 13.4.